The van der Waals surface area contributed by atoms with Crippen LogP contribution in [0, 0.1) is 0 Å². The summed E-state index contributed by atoms with van der Waals surface area (Å²) in [5.74, 6) is -3.82. The molecule has 0 aliphatic carbocycles. The van der Waals surface area contributed by atoms with Gasteiger partial charge in [-0.25, -0.2) is 4.79 Å². The molecule has 0 saturated heterocycles. The first kappa shape index (κ1) is 18.2. The smallest absolute Gasteiger partial charge is 0.437 e. The molecule has 1 amide bonds. The van der Waals surface area contributed by atoms with Crippen LogP contribution in [0.5, 0.6) is 0 Å². The van der Waals surface area contributed by atoms with Gasteiger partial charge in [0.05, 0.1) is 6.61 Å². The SMILES string of the molecule is CCOC(=O)C(C)NC(=O)C(C)(OC(C)=O)C(F)(F)F. The van der Waals surface area contributed by atoms with Gasteiger partial charge in [0.25, 0.3) is 11.5 Å². The lowest BCUT2D eigenvalue weighted by atomic mass is 10.0. The average Bonchev–Trinajstić information content (AvgIpc) is 2.26. The summed E-state index contributed by atoms with van der Waals surface area (Å²) in [6.07, 6.45) is -5.13. The second-order valence-corrected chi connectivity index (χ2v) is 4.07. The summed E-state index contributed by atoms with van der Waals surface area (Å²) in [5, 5.41) is 1.81. The van der Waals surface area contributed by atoms with Gasteiger partial charge in [-0.1, -0.05) is 0 Å². The zero-order valence-electron chi connectivity index (χ0n) is 11.5. The van der Waals surface area contributed by atoms with Crippen LogP contribution in [0.15, 0.2) is 0 Å². The number of rotatable bonds is 5. The second-order valence-electron chi connectivity index (χ2n) is 4.07. The minimum Gasteiger partial charge on any atom is -0.464 e. The molecule has 1 N–H and O–H groups in total. The molecule has 116 valence electrons. The summed E-state index contributed by atoms with van der Waals surface area (Å²) >= 11 is 0. The van der Waals surface area contributed by atoms with Crippen LogP contribution in [0.3, 0.4) is 0 Å². The zero-order chi connectivity index (χ0) is 16.1. The standard InChI is InChI=1S/C11H16F3NO5/c1-5-19-8(17)6(2)15-9(18)10(4,11(12,13)14)20-7(3)16/h6H,5H2,1-4H3,(H,15,18). The van der Waals surface area contributed by atoms with Crippen LogP contribution in [-0.4, -0.2) is 42.3 Å². The second kappa shape index (κ2) is 6.58. The Hall–Kier alpha value is -1.80. The highest BCUT2D eigenvalue weighted by molar-refractivity contribution is 5.91. The van der Waals surface area contributed by atoms with Gasteiger partial charge in [-0.05, 0) is 20.8 Å². The lowest BCUT2D eigenvalue weighted by Crippen LogP contribution is -2.59. The van der Waals surface area contributed by atoms with Crippen molar-refractivity contribution in [2.75, 3.05) is 6.61 Å². The number of nitrogens with one attached hydrogen (secondary N) is 1. The monoisotopic (exact) mass is 299 g/mol. The number of halogens is 3. The Kier molecular flexibility index (Phi) is 5.98. The van der Waals surface area contributed by atoms with Gasteiger partial charge in [0.2, 0.25) is 0 Å². The molecule has 0 aromatic rings. The van der Waals surface area contributed by atoms with Crippen molar-refractivity contribution in [2.24, 2.45) is 0 Å². The molecule has 0 spiro atoms. The van der Waals surface area contributed by atoms with E-state index in [0.29, 0.717) is 6.92 Å². The molecule has 0 aliphatic heterocycles. The fourth-order valence-electron chi connectivity index (χ4n) is 1.18. The number of hydrogen-bond acceptors (Lipinski definition) is 5. The summed E-state index contributed by atoms with van der Waals surface area (Å²) in [5.41, 5.74) is -3.38. The highest BCUT2D eigenvalue weighted by Crippen LogP contribution is 2.34. The molecule has 0 fully saturated rings. The molecule has 2 unspecified atom stereocenters. The number of hydrogen-bond donors (Lipinski definition) is 1. The van der Waals surface area contributed by atoms with Gasteiger partial charge in [0.15, 0.2) is 0 Å². The number of amides is 1. The predicted octanol–water partition coefficient (Wildman–Crippen LogP) is 0.938. The quantitative estimate of drug-likeness (QED) is 0.764. The third kappa shape index (κ3) is 4.39. The molecule has 0 aromatic carbocycles. The first-order valence-corrected chi connectivity index (χ1v) is 5.69. The lowest BCUT2D eigenvalue weighted by Gasteiger charge is -2.30. The van der Waals surface area contributed by atoms with E-state index >= 15 is 0 Å². The molecule has 0 radical (unpaired) electrons. The summed E-state index contributed by atoms with van der Waals surface area (Å²) in [6.45, 7) is 3.82. The largest absolute Gasteiger partial charge is 0.464 e. The molecule has 0 bridgehead atoms. The zero-order valence-corrected chi connectivity index (χ0v) is 11.5. The van der Waals surface area contributed by atoms with Crippen LogP contribution in [0.25, 0.3) is 0 Å². The summed E-state index contributed by atoms with van der Waals surface area (Å²) < 4.78 is 47.2. The van der Waals surface area contributed by atoms with Crippen LogP contribution in [-0.2, 0) is 23.9 Å². The maximum Gasteiger partial charge on any atom is 0.437 e. The van der Waals surface area contributed by atoms with Gasteiger partial charge in [0, 0.05) is 6.92 Å². The van der Waals surface area contributed by atoms with Crippen molar-refractivity contribution in [3.05, 3.63) is 0 Å². The number of carbonyl (C=O) groups is 3. The summed E-state index contributed by atoms with van der Waals surface area (Å²) in [6, 6.07) is -1.31. The Labute approximate surface area is 113 Å². The van der Waals surface area contributed by atoms with Crippen molar-refractivity contribution >= 4 is 17.8 Å². The Morgan fingerprint density at radius 2 is 1.75 bits per heavy atom. The van der Waals surface area contributed by atoms with Gasteiger partial charge in [0.1, 0.15) is 6.04 Å². The highest BCUT2D eigenvalue weighted by atomic mass is 19.4. The third-order valence-corrected chi connectivity index (χ3v) is 2.31. The van der Waals surface area contributed by atoms with Crippen molar-refractivity contribution in [1.29, 1.82) is 0 Å². The van der Waals surface area contributed by atoms with Crippen molar-refractivity contribution in [3.8, 4) is 0 Å². The van der Waals surface area contributed by atoms with Crippen LogP contribution in [0.4, 0.5) is 13.2 Å². The molecule has 2 atom stereocenters. The Morgan fingerprint density at radius 1 is 1.25 bits per heavy atom. The number of esters is 2. The van der Waals surface area contributed by atoms with Gasteiger partial charge in [-0.3, -0.25) is 9.59 Å². The van der Waals surface area contributed by atoms with E-state index in [-0.39, 0.29) is 6.61 Å². The molecule has 9 heteroatoms. The van der Waals surface area contributed by atoms with Crippen LogP contribution < -0.4 is 5.32 Å². The average molecular weight is 299 g/mol. The van der Waals surface area contributed by atoms with Gasteiger partial charge in [-0.15, -0.1) is 0 Å². The van der Waals surface area contributed by atoms with Crippen molar-refractivity contribution < 1.29 is 37.0 Å². The Bertz CT molecular complexity index is 396. The predicted molar refractivity (Wildman–Crippen MR) is 60.5 cm³/mol. The lowest BCUT2D eigenvalue weighted by molar-refractivity contribution is -0.255. The summed E-state index contributed by atoms with van der Waals surface area (Å²) in [4.78, 5) is 33.6. The maximum absolute atomic E-state index is 12.9. The molecule has 20 heavy (non-hydrogen) atoms. The van der Waals surface area contributed by atoms with Crippen molar-refractivity contribution in [1.82, 2.24) is 5.32 Å². The molecule has 0 aromatic heterocycles. The first-order chi connectivity index (χ1) is 8.95. The number of ether oxygens (including phenoxy) is 2. The fraction of sp³-hybridized carbons (Fsp3) is 0.727. The molecule has 0 saturated carbocycles. The summed E-state index contributed by atoms with van der Waals surface area (Å²) in [7, 11) is 0. The van der Waals surface area contributed by atoms with E-state index < -0.39 is 35.7 Å². The van der Waals surface area contributed by atoms with E-state index in [1.165, 1.54) is 6.92 Å². The van der Waals surface area contributed by atoms with Crippen LogP contribution >= 0.6 is 0 Å². The molecular weight excluding hydrogens is 283 g/mol. The number of alkyl halides is 3. The van der Waals surface area contributed by atoms with Crippen LogP contribution in [0.2, 0.25) is 0 Å². The van der Waals surface area contributed by atoms with Gasteiger partial charge in [-0.2, -0.15) is 13.2 Å². The van der Waals surface area contributed by atoms with E-state index in [2.05, 4.69) is 9.47 Å². The van der Waals surface area contributed by atoms with Gasteiger partial charge >= 0.3 is 18.1 Å². The molecule has 0 rings (SSSR count). The van der Waals surface area contributed by atoms with E-state index in [4.69, 9.17) is 0 Å². The minimum absolute atomic E-state index is 0.0134. The minimum atomic E-state index is -5.13. The molecule has 0 aliphatic rings. The fourth-order valence-corrected chi connectivity index (χ4v) is 1.18. The third-order valence-electron chi connectivity index (χ3n) is 2.31. The molecule has 0 heterocycles. The van der Waals surface area contributed by atoms with E-state index in [0.717, 1.165) is 13.8 Å². The topological polar surface area (TPSA) is 81.7 Å². The molecular formula is C11H16F3NO5. The van der Waals surface area contributed by atoms with Crippen molar-refractivity contribution in [2.45, 2.75) is 45.5 Å². The highest BCUT2D eigenvalue weighted by Gasteiger charge is 2.60. The van der Waals surface area contributed by atoms with Gasteiger partial charge < -0.3 is 14.8 Å². The van der Waals surface area contributed by atoms with Crippen LogP contribution in [0.1, 0.15) is 27.7 Å². The molecule has 6 nitrogen and oxygen atoms in total. The maximum atomic E-state index is 12.9. The Balaban J connectivity index is 5.08. The van der Waals surface area contributed by atoms with E-state index in [1.807, 2.05) is 0 Å². The van der Waals surface area contributed by atoms with E-state index in [1.54, 1.807) is 5.32 Å². The van der Waals surface area contributed by atoms with E-state index in [9.17, 15) is 27.6 Å². The van der Waals surface area contributed by atoms with Crippen molar-refractivity contribution in [3.63, 3.8) is 0 Å². The first-order valence-electron chi connectivity index (χ1n) is 5.69. The normalized spacial score (nSPS) is 15.8. The number of carbonyl (C=O) groups excluding carboxylic acids is 3. The Morgan fingerprint density at radius 3 is 2.10 bits per heavy atom.